The van der Waals surface area contributed by atoms with Crippen LogP contribution >= 0.6 is 0 Å². The van der Waals surface area contributed by atoms with Gasteiger partial charge in [0.05, 0.1) is 12.7 Å². The first-order chi connectivity index (χ1) is 13.9. The van der Waals surface area contributed by atoms with Crippen molar-refractivity contribution < 1.29 is 14.3 Å². The lowest BCUT2D eigenvalue weighted by atomic mass is 10.1. The van der Waals surface area contributed by atoms with Crippen LogP contribution in [0.4, 0.5) is 0 Å². The van der Waals surface area contributed by atoms with Gasteiger partial charge in [0.1, 0.15) is 11.3 Å². The number of amides is 1. The summed E-state index contributed by atoms with van der Waals surface area (Å²) in [7, 11) is 2.84. The molecule has 0 saturated carbocycles. The summed E-state index contributed by atoms with van der Waals surface area (Å²) in [6.45, 7) is 0.449. The van der Waals surface area contributed by atoms with Crippen molar-refractivity contribution in [1.29, 1.82) is 0 Å². The first-order valence-corrected chi connectivity index (χ1v) is 9.01. The molecule has 0 aliphatic rings. The first-order valence-electron chi connectivity index (χ1n) is 9.01. The predicted octanol–water partition coefficient (Wildman–Crippen LogP) is 0.0280. The van der Waals surface area contributed by atoms with E-state index in [0.29, 0.717) is 30.8 Å². The van der Waals surface area contributed by atoms with Gasteiger partial charge in [-0.05, 0) is 24.1 Å². The minimum Gasteiger partial charge on any atom is -0.465 e. The molecule has 29 heavy (non-hydrogen) atoms. The summed E-state index contributed by atoms with van der Waals surface area (Å²) in [4.78, 5) is 56.1. The molecule has 2 aromatic heterocycles. The van der Waals surface area contributed by atoms with Crippen LogP contribution in [0.1, 0.15) is 28.2 Å². The molecule has 0 atom stereocenters. The summed E-state index contributed by atoms with van der Waals surface area (Å²) in [5.74, 6) is -0.0859. The van der Waals surface area contributed by atoms with Crippen molar-refractivity contribution in [3.05, 3.63) is 62.1 Å². The average molecular weight is 399 g/mol. The predicted molar refractivity (Wildman–Crippen MR) is 105 cm³/mol. The number of nitrogens with zero attached hydrogens (tertiary/aromatic N) is 2. The Morgan fingerprint density at radius 1 is 1.14 bits per heavy atom. The third-order valence-corrected chi connectivity index (χ3v) is 4.50. The lowest BCUT2D eigenvalue weighted by Gasteiger charge is -2.06. The van der Waals surface area contributed by atoms with Crippen LogP contribution in [-0.2, 0) is 29.4 Å². The second-order valence-corrected chi connectivity index (χ2v) is 6.49. The van der Waals surface area contributed by atoms with Crippen LogP contribution in [0, 0.1) is 0 Å². The molecule has 1 aromatic carbocycles. The third kappa shape index (κ3) is 4.60. The third-order valence-electron chi connectivity index (χ3n) is 4.50. The van der Waals surface area contributed by atoms with Gasteiger partial charge < -0.3 is 15.0 Å². The van der Waals surface area contributed by atoms with Crippen LogP contribution in [0.15, 0.2) is 33.9 Å². The number of rotatable bonds is 7. The van der Waals surface area contributed by atoms with E-state index in [9.17, 15) is 19.2 Å². The van der Waals surface area contributed by atoms with Crippen molar-refractivity contribution in [2.45, 2.75) is 19.3 Å². The fraction of sp³-hybridized carbons (Fsp3) is 0.316. The number of benzene rings is 1. The molecular weight excluding hydrogens is 378 g/mol. The molecule has 0 aliphatic heterocycles. The summed E-state index contributed by atoms with van der Waals surface area (Å²) in [6, 6.07) is 6.99. The van der Waals surface area contributed by atoms with E-state index in [0.717, 1.165) is 5.56 Å². The smallest absolute Gasteiger partial charge is 0.337 e. The number of methoxy groups -OCH3 is 1. The van der Waals surface area contributed by atoms with Gasteiger partial charge in [-0.1, -0.05) is 12.1 Å². The zero-order chi connectivity index (χ0) is 21.0. The Kier molecular flexibility index (Phi) is 5.91. The molecule has 0 fully saturated rings. The Labute approximate surface area is 164 Å². The average Bonchev–Trinajstić information content (AvgIpc) is 3.16. The molecular formula is C19H21N5O5. The van der Waals surface area contributed by atoms with Gasteiger partial charge in [0.15, 0.2) is 5.65 Å². The van der Waals surface area contributed by atoms with Crippen LogP contribution in [0.2, 0.25) is 0 Å². The maximum absolute atomic E-state index is 12.1. The molecule has 3 rings (SSSR count). The topological polar surface area (TPSA) is 139 Å². The van der Waals surface area contributed by atoms with Crippen LogP contribution in [0.3, 0.4) is 0 Å². The molecule has 2 heterocycles. The van der Waals surface area contributed by atoms with Crippen molar-refractivity contribution in [3.8, 4) is 0 Å². The molecule has 3 N–H and O–H groups in total. The lowest BCUT2D eigenvalue weighted by molar-refractivity contribution is -0.121. The number of ether oxygens (including phenoxy) is 1. The van der Waals surface area contributed by atoms with Gasteiger partial charge in [0, 0.05) is 26.4 Å². The number of fused-ring (bicyclic) bond motifs is 1. The fourth-order valence-electron chi connectivity index (χ4n) is 2.86. The van der Waals surface area contributed by atoms with Crippen molar-refractivity contribution in [2.75, 3.05) is 13.7 Å². The minimum absolute atomic E-state index is 0.153. The number of esters is 1. The summed E-state index contributed by atoms with van der Waals surface area (Å²) < 4.78 is 5.89. The fourth-order valence-corrected chi connectivity index (χ4v) is 2.86. The summed E-state index contributed by atoms with van der Waals surface area (Å²) in [6.07, 6.45) is 1.12. The van der Waals surface area contributed by atoms with E-state index in [1.807, 2.05) is 12.1 Å². The van der Waals surface area contributed by atoms with Gasteiger partial charge in [-0.25, -0.2) is 14.6 Å². The van der Waals surface area contributed by atoms with E-state index in [2.05, 4.69) is 25.0 Å². The lowest BCUT2D eigenvalue weighted by Crippen LogP contribution is -2.28. The molecule has 3 aromatic rings. The Bertz CT molecular complexity index is 1160. The zero-order valence-electron chi connectivity index (χ0n) is 16.1. The quantitative estimate of drug-likeness (QED) is 0.479. The number of carbonyl (C=O) groups excluding carboxylic acids is 2. The molecule has 0 radical (unpaired) electrons. The molecule has 1 amide bonds. The normalized spacial score (nSPS) is 10.8. The number of aryl methyl sites for hydroxylation is 2. The van der Waals surface area contributed by atoms with Crippen LogP contribution in [0.25, 0.3) is 11.2 Å². The van der Waals surface area contributed by atoms with E-state index < -0.39 is 17.2 Å². The standard InChI is InChI=1S/C19H21N5O5/c1-24-16-15(17(26)23-19(24)28)21-13(22-16)7-8-14(25)20-10-9-11-3-5-12(6-4-11)18(27)29-2/h3-6H,7-10H2,1-2H3,(H,20,25)(H,21,22)(H,23,26,28). The summed E-state index contributed by atoms with van der Waals surface area (Å²) in [5.41, 5.74) is 0.836. The molecule has 10 heteroatoms. The largest absolute Gasteiger partial charge is 0.465 e. The van der Waals surface area contributed by atoms with Gasteiger partial charge in [0.25, 0.3) is 5.56 Å². The number of aromatic amines is 2. The van der Waals surface area contributed by atoms with Crippen LogP contribution in [0.5, 0.6) is 0 Å². The number of hydrogen-bond acceptors (Lipinski definition) is 6. The van der Waals surface area contributed by atoms with Gasteiger partial charge in [-0.2, -0.15) is 0 Å². The van der Waals surface area contributed by atoms with Gasteiger partial charge >= 0.3 is 11.7 Å². The van der Waals surface area contributed by atoms with Crippen LogP contribution in [-0.4, -0.2) is 45.1 Å². The van der Waals surface area contributed by atoms with Gasteiger partial charge in [0.2, 0.25) is 5.91 Å². The Morgan fingerprint density at radius 3 is 2.55 bits per heavy atom. The zero-order valence-corrected chi connectivity index (χ0v) is 16.1. The maximum Gasteiger partial charge on any atom is 0.337 e. The van der Waals surface area contributed by atoms with E-state index in [1.54, 1.807) is 12.1 Å². The molecule has 0 bridgehead atoms. The molecule has 152 valence electrons. The number of nitrogens with one attached hydrogen (secondary N) is 3. The van der Waals surface area contributed by atoms with E-state index in [1.165, 1.54) is 18.7 Å². The number of imidazole rings is 1. The number of H-pyrrole nitrogens is 2. The molecule has 0 saturated heterocycles. The van der Waals surface area contributed by atoms with Gasteiger partial charge in [-0.3, -0.25) is 19.1 Å². The van der Waals surface area contributed by atoms with Crippen molar-refractivity contribution in [3.63, 3.8) is 0 Å². The summed E-state index contributed by atoms with van der Waals surface area (Å²) >= 11 is 0. The van der Waals surface area contributed by atoms with E-state index >= 15 is 0 Å². The minimum atomic E-state index is -0.544. The second-order valence-electron chi connectivity index (χ2n) is 6.49. The molecule has 0 unspecified atom stereocenters. The Balaban J connectivity index is 1.50. The van der Waals surface area contributed by atoms with Gasteiger partial charge in [-0.15, -0.1) is 0 Å². The number of hydrogen-bond donors (Lipinski definition) is 3. The highest BCUT2D eigenvalue weighted by Gasteiger charge is 2.12. The van der Waals surface area contributed by atoms with E-state index in [-0.39, 0.29) is 23.5 Å². The number of carbonyl (C=O) groups is 2. The van der Waals surface area contributed by atoms with Crippen molar-refractivity contribution in [1.82, 2.24) is 24.8 Å². The maximum atomic E-state index is 12.1. The SMILES string of the molecule is COC(=O)c1ccc(CCNC(=O)CCc2nc3c([nH]2)c(=O)[nH]c(=O)n3C)cc1. The highest BCUT2D eigenvalue weighted by atomic mass is 16.5. The van der Waals surface area contributed by atoms with Crippen LogP contribution < -0.4 is 16.6 Å². The highest BCUT2D eigenvalue weighted by molar-refractivity contribution is 5.89. The highest BCUT2D eigenvalue weighted by Crippen LogP contribution is 2.07. The molecule has 0 aliphatic carbocycles. The molecule has 0 spiro atoms. The molecule has 10 nitrogen and oxygen atoms in total. The van der Waals surface area contributed by atoms with Crippen molar-refractivity contribution in [2.24, 2.45) is 7.05 Å². The number of aromatic nitrogens is 4. The van der Waals surface area contributed by atoms with E-state index in [4.69, 9.17) is 0 Å². The monoisotopic (exact) mass is 399 g/mol. The Hall–Kier alpha value is -3.69. The van der Waals surface area contributed by atoms with Crippen molar-refractivity contribution >= 4 is 23.0 Å². The summed E-state index contributed by atoms with van der Waals surface area (Å²) in [5, 5.41) is 2.82. The second kappa shape index (κ2) is 8.55. The first kappa shape index (κ1) is 20.1. The Morgan fingerprint density at radius 2 is 1.86 bits per heavy atom.